The van der Waals surface area contributed by atoms with Crippen LogP contribution < -0.4 is 0 Å². The SMILES string of the molecule is c1ccc(-c2ccc3c(-n4c5cc6ccccc6cc5c5cc6ccccc6cc54)ccc(-c4nc(-c5ccccc5)nc(-c5cccc6ccccc56)n4)c3c2)cc1. The van der Waals surface area contributed by atoms with Gasteiger partial charge in [0, 0.05) is 32.8 Å². The van der Waals surface area contributed by atoms with E-state index in [1.807, 2.05) is 18.2 Å². The minimum absolute atomic E-state index is 0.628. The van der Waals surface area contributed by atoms with E-state index in [9.17, 15) is 0 Å². The molecule has 0 aliphatic carbocycles. The third-order valence-corrected chi connectivity index (χ3v) is 11.8. The molecule has 0 aliphatic heterocycles. The van der Waals surface area contributed by atoms with E-state index >= 15 is 0 Å². The second kappa shape index (κ2) is 13.3. The van der Waals surface area contributed by atoms with Gasteiger partial charge in [-0.3, -0.25) is 0 Å². The van der Waals surface area contributed by atoms with E-state index in [2.05, 4.69) is 193 Å². The number of hydrogen-bond acceptors (Lipinski definition) is 3. The lowest BCUT2D eigenvalue weighted by molar-refractivity contribution is 1.08. The molecule has 4 heteroatoms. The summed E-state index contributed by atoms with van der Waals surface area (Å²) in [5, 5.41) is 11.7. The van der Waals surface area contributed by atoms with Crippen LogP contribution in [0.1, 0.15) is 0 Å². The summed E-state index contributed by atoms with van der Waals surface area (Å²) in [6, 6.07) is 73.6. The van der Waals surface area contributed by atoms with Crippen molar-refractivity contribution in [1.82, 2.24) is 19.5 Å². The molecule has 59 heavy (non-hydrogen) atoms. The molecule has 0 aliphatic rings. The molecule has 10 aromatic carbocycles. The lowest BCUT2D eigenvalue weighted by Crippen LogP contribution is -2.02. The summed E-state index contributed by atoms with van der Waals surface area (Å²) >= 11 is 0. The average Bonchev–Trinajstić information content (AvgIpc) is 3.61. The zero-order valence-corrected chi connectivity index (χ0v) is 31.9. The molecule has 4 nitrogen and oxygen atoms in total. The standard InChI is InChI=1S/C55H34N4/c1-3-14-35(15-4-1)42-26-27-44-47(30-42)46(55-57-53(37-17-5-2-6-18-37)56-54(58-55)45-25-13-23-36-16-11-12-24-43(36)45)28-29-50(44)59-51-33-40-21-9-7-19-38(40)31-48(51)49-32-39-20-8-10-22-41(39)34-52(49)59/h1-34H. The zero-order chi connectivity index (χ0) is 38.9. The average molecular weight is 751 g/mol. The Labute approximate surface area is 340 Å². The molecule has 274 valence electrons. The number of benzene rings is 10. The van der Waals surface area contributed by atoms with Crippen molar-refractivity contribution >= 4 is 64.9 Å². The molecule has 0 unspecified atom stereocenters. The van der Waals surface area contributed by atoms with Gasteiger partial charge < -0.3 is 4.57 Å². The van der Waals surface area contributed by atoms with Gasteiger partial charge in [-0.05, 0) is 91.3 Å². The Bertz CT molecular complexity index is 3510. The number of nitrogens with zero attached hydrogens (tertiary/aromatic N) is 4. The second-order valence-corrected chi connectivity index (χ2v) is 15.2. The van der Waals surface area contributed by atoms with E-state index in [0.29, 0.717) is 17.5 Å². The Hall–Kier alpha value is -7.95. The monoisotopic (exact) mass is 750 g/mol. The number of fused-ring (bicyclic) bond motifs is 7. The van der Waals surface area contributed by atoms with Crippen LogP contribution in [-0.4, -0.2) is 19.5 Å². The summed E-state index contributed by atoms with van der Waals surface area (Å²) in [4.78, 5) is 15.7. The Morgan fingerprint density at radius 2 is 0.780 bits per heavy atom. The van der Waals surface area contributed by atoms with Gasteiger partial charge in [-0.1, -0.05) is 164 Å². The smallest absolute Gasteiger partial charge is 0.164 e. The second-order valence-electron chi connectivity index (χ2n) is 15.2. The van der Waals surface area contributed by atoms with E-state index in [-0.39, 0.29) is 0 Å². The van der Waals surface area contributed by atoms with Gasteiger partial charge in [0.05, 0.1) is 16.7 Å². The van der Waals surface area contributed by atoms with Gasteiger partial charge in [0.1, 0.15) is 0 Å². The number of hydrogen-bond donors (Lipinski definition) is 0. The van der Waals surface area contributed by atoms with E-state index in [0.717, 1.165) is 55.0 Å². The Kier molecular flexibility index (Phi) is 7.50. The van der Waals surface area contributed by atoms with Gasteiger partial charge in [-0.25, -0.2) is 15.0 Å². The fourth-order valence-electron chi connectivity index (χ4n) is 8.93. The molecule has 0 atom stereocenters. The van der Waals surface area contributed by atoms with Crippen LogP contribution in [0.15, 0.2) is 206 Å². The molecule has 0 saturated heterocycles. The molecule has 2 heterocycles. The highest BCUT2D eigenvalue weighted by atomic mass is 15.0. The van der Waals surface area contributed by atoms with Gasteiger partial charge in [0.25, 0.3) is 0 Å². The number of rotatable bonds is 5. The third kappa shape index (κ3) is 5.49. The molecule has 0 radical (unpaired) electrons. The fraction of sp³-hybridized carbons (Fsp3) is 0. The summed E-state index contributed by atoms with van der Waals surface area (Å²) in [5.41, 5.74) is 8.56. The molecule has 2 aromatic heterocycles. The summed E-state index contributed by atoms with van der Waals surface area (Å²) in [6.07, 6.45) is 0. The number of aromatic nitrogens is 4. The molecule has 12 aromatic rings. The van der Waals surface area contributed by atoms with Crippen molar-refractivity contribution in [3.8, 4) is 51.0 Å². The summed E-state index contributed by atoms with van der Waals surface area (Å²) in [5.74, 6) is 1.90. The van der Waals surface area contributed by atoms with Gasteiger partial charge in [0.2, 0.25) is 0 Å². The van der Waals surface area contributed by atoms with Gasteiger partial charge in [0.15, 0.2) is 17.5 Å². The molecule has 0 bridgehead atoms. The first-order valence-corrected chi connectivity index (χ1v) is 20.0. The minimum Gasteiger partial charge on any atom is -0.309 e. The van der Waals surface area contributed by atoms with Crippen LogP contribution in [0.3, 0.4) is 0 Å². The van der Waals surface area contributed by atoms with Crippen molar-refractivity contribution in [1.29, 1.82) is 0 Å². The summed E-state index contributed by atoms with van der Waals surface area (Å²) < 4.78 is 2.46. The van der Waals surface area contributed by atoms with Crippen molar-refractivity contribution in [3.05, 3.63) is 206 Å². The first-order chi connectivity index (χ1) is 29.2. The maximum Gasteiger partial charge on any atom is 0.164 e. The predicted molar refractivity (Wildman–Crippen MR) is 246 cm³/mol. The largest absolute Gasteiger partial charge is 0.309 e. The lowest BCUT2D eigenvalue weighted by atomic mass is 9.96. The Morgan fingerprint density at radius 3 is 1.42 bits per heavy atom. The molecule has 0 N–H and O–H groups in total. The summed E-state index contributed by atoms with van der Waals surface area (Å²) in [6.45, 7) is 0. The first-order valence-electron chi connectivity index (χ1n) is 20.0. The van der Waals surface area contributed by atoms with Crippen LogP contribution in [-0.2, 0) is 0 Å². The topological polar surface area (TPSA) is 43.6 Å². The van der Waals surface area contributed by atoms with Crippen molar-refractivity contribution in [3.63, 3.8) is 0 Å². The quantitative estimate of drug-likeness (QED) is 0.176. The van der Waals surface area contributed by atoms with Gasteiger partial charge in [-0.15, -0.1) is 0 Å². The molecular weight excluding hydrogens is 717 g/mol. The molecule has 0 spiro atoms. The molecule has 0 amide bonds. The van der Waals surface area contributed by atoms with Crippen LogP contribution in [0.2, 0.25) is 0 Å². The normalized spacial score (nSPS) is 11.7. The third-order valence-electron chi connectivity index (χ3n) is 11.8. The van der Waals surface area contributed by atoms with E-state index in [1.54, 1.807) is 0 Å². The molecular formula is C55H34N4. The van der Waals surface area contributed by atoms with Gasteiger partial charge in [-0.2, -0.15) is 0 Å². The van der Waals surface area contributed by atoms with Crippen molar-refractivity contribution in [2.75, 3.05) is 0 Å². The molecule has 12 rings (SSSR count). The highest BCUT2D eigenvalue weighted by Gasteiger charge is 2.21. The fourth-order valence-corrected chi connectivity index (χ4v) is 8.93. The predicted octanol–water partition coefficient (Wildman–Crippen LogP) is 14.2. The van der Waals surface area contributed by atoms with Crippen LogP contribution in [0, 0.1) is 0 Å². The van der Waals surface area contributed by atoms with E-state index in [4.69, 9.17) is 15.0 Å². The van der Waals surface area contributed by atoms with Gasteiger partial charge >= 0.3 is 0 Å². The van der Waals surface area contributed by atoms with Crippen LogP contribution in [0.4, 0.5) is 0 Å². The first kappa shape index (κ1) is 33.2. The van der Waals surface area contributed by atoms with E-state index in [1.165, 1.54) is 43.4 Å². The highest BCUT2D eigenvalue weighted by molar-refractivity contribution is 6.18. The summed E-state index contributed by atoms with van der Waals surface area (Å²) in [7, 11) is 0. The van der Waals surface area contributed by atoms with Crippen molar-refractivity contribution in [2.45, 2.75) is 0 Å². The molecule has 0 saturated carbocycles. The van der Waals surface area contributed by atoms with Crippen molar-refractivity contribution in [2.24, 2.45) is 0 Å². The maximum absolute atomic E-state index is 5.33. The van der Waals surface area contributed by atoms with Crippen LogP contribution in [0.25, 0.3) is 116 Å². The molecule has 0 fully saturated rings. The van der Waals surface area contributed by atoms with Crippen LogP contribution in [0.5, 0.6) is 0 Å². The van der Waals surface area contributed by atoms with Crippen LogP contribution >= 0.6 is 0 Å². The lowest BCUT2D eigenvalue weighted by Gasteiger charge is -2.17. The highest BCUT2D eigenvalue weighted by Crippen LogP contribution is 2.42. The Morgan fingerprint density at radius 1 is 0.271 bits per heavy atom. The maximum atomic E-state index is 5.33. The Balaban J connectivity index is 1.17. The van der Waals surface area contributed by atoms with E-state index < -0.39 is 0 Å². The van der Waals surface area contributed by atoms with Crippen molar-refractivity contribution < 1.29 is 0 Å². The zero-order valence-electron chi connectivity index (χ0n) is 31.9. The minimum atomic E-state index is 0.628.